The van der Waals surface area contributed by atoms with E-state index in [2.05, 4.69) is 47.4 Å². The molecule has 0 aliphatic carbocycles. The van der Waals surface area contributed by atoms with Crippen LogP contribution in [0.2, 0.25) is 0 Å². The van der Waals surface area contributed by atoms with E-state index in [0.29, 0.717) is 12.6 Å². The first kappa shape index (κ1) is 13.1. The minimum Gasteiger partial charge on any atom is -0.370 e. The molecule has 0 aliphatic rings. The number of rotatable bonds is 5. The Labute approximate surface area is 112 Å². The molecule has 2 rings (SSSR count). The molecule has 0 bridgehead atoms. The fraction of sp³-hybridized carbons (Fsp3) is 0.357. The molecule has 2 N–H and O–H groups in total. The van der Waals surface area contributed by atoms with Crippen molar-refractivity contribution >= 4 is 17.0 Å². The van der Waals surface area contributed by atoms with Crippen molar-refractivity contribution in [1.82, 2.24) is 4.98 Å². The Kier molecular flexibility index (Phi) is 4.33. The summed E-state index contributed by atoms with van der Waals surface area (Å²) in [5.41, 5.74) is 7.62. The van der Waals surface area contributed by atoms with Crippen LogP contribution in [-0.2, 0) is 13.0 Å². The van der Waals surface area contributed by atoms with E-state index in [1.807, 2.05) is 23.6 Å². The molecule has 0 amide bonds. The quantitative estimate of drug-likeness (QED) is 0.899. The zero-order valence-electron chi connectivity index (χ0n) is 10.8. The van der Waals surface area contributed by atoms with Crippen LogP contribution in [0.5, 0.6) is 0 Å². The molecule has 2 aromatic rings. The van der Waals surface area contributed by atoms with Crippen LogP contribution in [0, 0.1) is 0 Å². The summed E-state index contributed by atoms with van der Waals surface area (Å²) in [6.45, 7) is 2.73. The highest BCUT2D eigenvalue weighted by Crippen LogP contribution is 2.18. The van der Waals surface area contributed by atoms with Crippen molar-refractivity contribution in [3.05, 3.63) is 46.4 Å². The van der Waals surface area contributed by atoms with Gasteiger partial charge >= 0.3 is 0 Å². The van der Waals surface area contributed by atoms with Crippen molar-refractivity contribution in [3.63, 3.8) is 0 Å². The third kappa shape index (κ3) is 3.09. The first-order valence-corrected chi connectivity index (χ1v) is 6.99. The Balaban J connectivity index is 2.02. The summed E-state index contributed by atoms with van der Waals surface area (Å²) in [5.74, 6) is 0. The minimum atomic E-state index is 0.453. The number of anilines is 1. The Morgan fingerprint density at radius 2 is 2.22 bits per heavy atom. The number of aromatic nitrogens is 1. The maximum absolute atomic E-state index is 5.55. The highest BCUT2D eigenvalue weighted by Gasteiger charge is 2.11. The summed E-state index contributed by atoms with van der Waals surface area (Å²) in [7, 11) is 2.11. The van der Waals surface area contributed by atoms with Crippen LogP contribution in [0.3, 0.4) is 0 Å². The number of hydrogen-bond acceptors (Lipinski definition) is 4. The average molecular weight is 261 g/mol. The molecular formula is C14H19N3S. The molecule has 0 radical (unpaired) electrons. The second kappa shape index (κ2) is 5.98. The van der Waals surface area contributed by atoms with Gasteiger partial charge in [0.1, 0.15) is 0 Å². The number of hydrogen-bond donors (Lipinski definition) is 1. The zero-order valence-corrected chi connectivity index (χ0v) is 11.7. The van der Waals surface area contributed by atoms with Gasteiger partial charge in [-0.1, -0.05) is 6.07 Å². The molecule has 0 spiro atoms. The molecule has 1 unspecified atom stereocenters. The molecule has 0 saturated heterocycles. The van der Waals surface area contributed by atoms with Gasteiger partial charge in [-0.3, -0.25) is 4.98 Å². The first-order chi connectivity index (χ1) is 8.70. The van der Waals surface area contributed by atoms with E-state index >= 15 is 0 Å². The maximum Gasteiger partial charge on any atom is 0.0552 e. The van der Waals surface area contributed by atoms with Crippen LogP contribution < -0.4 is 10.6 Å². The fourth-order valence-electron chi connectivity index (χ4n) is 1.86. The number of nitrogens with two attached hydrogens (primary N) is 1. The summed E-state index contributed by atoms with van der Waals surface area (Å²) >= 11 is 1.81. The molecule has 0 aliphatic heterocycles. The highest BCUT2D eigenvalue weighted by molar-refractivity contribution is 7.09. The van der Waals surface area contributed by atoms with E-state index in [1.165, 1.54) is 4.88 Å². The Morgan fingerprint density at radius 1 is 1.39 bits per heavy atom. The highest BCUT2D eigenvalue weighted by atomic mass is 32.1. The second-order valence-corrected chi connectivity index (χ2v) is 5.49. The maximum atomic E-state index is 5.55. The van der Waals surface area contributed by atoms with Crippen molar-refractivity contribution < 1.29 is 0 Å². The third-order valence-electron chi connectivity index (χ3n) is 3.16. The van der Waals surface area contributed by atoms with Gasteiger partial charge in [-0.2, -0.15) is 0 Å². The molecule has 2 heterocycles. The zero-order chi connectivity index (χ0) is 13.0. The van der Waals surface area contributed by atoms with Crippen LogP contribution in [0.15, 0.2) is 35.8 Å². The number of pyridine rings is 1. The molecule has 2 aromatic heterocycles. The Hall–Kier alpha value is -1.39. The van der Waals surface area contributed by atoms with Gasteiger partial charge in [0.15, 0.2) is 0 Å². The van der Waals surface area contributed by atoms with Gasteiger partial charge in [0.25, 0.3) is 0 Å². The van der Waals surface area contributed by atoms with Crippen molar-refractivity contribution in [3.8, 4) is 0 Å². The van der Waals surface area contributed by atoms with Crippen LogP contribution in [0.1, 0.15) is 17.5 Å². The van der Waals surface area contributed by atoms with E-state index in [4.69, 9.17) is 5.73 Å². The summed E-state index contributed by atoms with van der Waals surface area (Å²) in [4.78, 5) is 8.01. The van der Waals surface area contributed by atoms with Gasteiger partial charge in [0.2, 0.25) is 0 Å². The van der Waals surface area contributed by atoms with Gasteiger partial charge in [-0.05, 0) is 30.5 Å². The van der Waals surface area contributed by atoms with Crippen molar-refractivity contribution in [2.45, 2.75) is 25.9 Å². The SMILES string of the molecule is CC(Cc1cccs1)N(C)c1ccc(CN)nc1. The van der Waals surface area contributed by atoms with Crippen LogP contribution >= 0.6 is 11.3 Å². The lowest BCUT2D eigenvalue weighted by Crippen LogP contribution is -2.30. The molecule has 0 aromatic carbocycles. The predicted molar refractivity (Wildman–Crippen MR) is 78.0 cm³/mol. The molecule has 0 saturated carbocycles. The molecule has 18 heavy (non-hydrogen) atoms. The van der Waals surface area contributed by atoms with E-state index in [1.54, 1.807) is 0 Å². The predicted octanol–water partition coefficient (Wildman–Crippen LogP) is 2.67. The minimum absolute atomic E-state index is 0.453. The topological polar surface area (TPSA) is 42.1 Å². The van der Waals surface area contributed by atoms with E-state index in [9.17, 15) is 0 Å². The molecular weight excluding hydrogens is 242 g/mol. The van der Waals surface area contributed by atoms with Crippen LogP contribution in [-0.4, -0.2) is 18.1 Å². The first-order valence-electron chi connectivity index (χ1n) is 6.11. The number of nitrogens with zero attached hydrogens (tertiary/aromatic N) is 2. The smallest absolute Gasteiger partial charge is 0.0552 e. The number of thiophene rings is 1. The van der Waals surface area contributed by atoms with E-state index in [0.717, 1.165) is 17.8 Å². The number of likely N-dealkylation sites (N-methyl/N-ethyl adjacent to an activating group) is 1. The lowest BCUT2D eigenvalue weighted by molar-refractivity contribution is 0.687. The van der Waals surface area contributed by atoms with Gasteiger partial charge < -0.3 is 10.6 Å². The summed E-state index contributed by atoms with van der Waals surface area (Å²) in [5, 5.41) is 2.12. The lowest BCUT2D eigenvalue weighted by Gasteiger charge is -2.26. The Bertz CT molecular complexity index is 464. The third-order valence-corrected chi connectivity index (χ3v) is 4.06. The molecule has 0 fully saturated rings. The van der Waals surface area contributed by atoms with Gasteiger partial charge in [-0.15, -0.1) is 11.3 Å². The van der Waals surface area contributed by atoms with Crippen LogP contribution in [0.25, 0.3) is 0 Å². The van der Waals surface area contributed by atoms with Gasteiger partial charge in [0.05, 0.1) is 17.6 Å². The van der Waals surface area contributed by atoms with Crippen LogP contribution in [0.4, 0.5) is 5.69 Å². The summed E-state index contributed by atoms with van der Waals surface area (Å²) in [6, 6.07) is 8.81. The average Bonchev–Trinajstić information content (AvgIpc) is 2.91. The fourth-order valence-corrected chi connectivity index (χ4v) is 2.68. The monoisotopic (exact) mass is 261 g/mol. The van der Waals surface area contributed by atoms with Gasteiger partial charge in [0, 0.05) is 30.9 Å². The van der Waals surface area contributed by atoms with Gasteiger partial charge in [-0.25, -0.2) is 0 Å². The molecule has 96 valence electrons. The van der Waals surface area contributed by atoms with E-state index in [-0.39, 0.29) is 0 Å². The van der Waals surface area contributed by atoms with Crippen molar-refractivity contribution in [2.24, 2.45) is 5.73 Å². The van der Waals surface area contributed by atoms with Crippen molar-refractivity contribution in [2.75, 3.05) is 11.9 Å². The molecule has 4 heteroatoms. The largest absolute Gasteiger partial charge is 0.370 e. The normalized spacial score (nSPS) is 12.4. The molecule has 3 nitrogen and oxygen atoms in total. The van der Waals surface area contributed by atoms with Crippen molar-refractivity contribution in [1.29, 1.82) is 0 Å². The molecule has 1 atom stereocenters. The Morgan fingerprint density at radius 3 is 2.78 bits per heavy atom. The lowest BCUT2D eigenvalue weighted by atomic mass is 10.1. The summed E-state index contributed by atoms with van der Waals surface area (Å²) in [6.07, 6.45) is 2.96. The summed E-state index contributed by atoms with van der Waals surface area (Å²) < 4.78 is 0. The standard InChI is InChI=1S/C14H19N3S/c1-11(8-14-4-3-7-18-14)17(2)13-6-5-12(9-15)16-10-13/h3-7,10-11H,8-9,15H2,1-2H3. The second-order valence-electron chi connectivity index (χ2n) is 4.46. The van der Waals surface area contributed by atoms with E-state index < -0.39 is 0 Å².